The molecule has 4 nitrogen and oxygen atoms in total. The molecule has 128 valence electrons. The third-order valence-electron chi connectivity index (χ3n) is 3.23. The average Bonchev–Trinajstić information content (AvgIpc) is 3.00. The normalized spacial score (nSPS) is 11.4. The zero-order valence-electron chi connectivity index (χ0n) is 12.5. The largest absolute Gasteiger partial charge is 0.435 e. The number of ether oxygens (including phenoxy) is 1. The molecule has 1 heterocycles. The lowest BCUT2D eigenvalue weighted by molar-refractivity contribution is -0.141. The maximum absolute atomic E-state index is 13.2. The molecule has 0 atom stereocenters. The van der Waals surface area contributed by atoms with Gasteiger partial charge in [0.25, 0.3) is 0 Å². The molecule has 0 fully saturated rings. The molecule has 2 aromatic carbocycles. The average molecular weight is 350 g/mol. The Morgan fingerprint density at radius 1 is 1.00 bits per heavy atom. The quantitative estimate of drug-likeness (QED) is 0.524. The summed E-state index contributed by atoms with van der Waals surface area (Å²) in [6, 6.07) is 13.1. The molecule has 8 heteroatoms. The minimum absolute atomic E-state index is 0.130. The summed E-state index contributed by atoms with van der Waals surface area (Å²) in [6.45, 7) is 0. The summed E-state index contributed by atoms with van der Waals surface area (Å²) in [5.74, 6) is -2.08. The molecule has 0 radical (unpaired) electrons. The van der Waals surface area contributed by atoms with Crippen molar-refractivity contribution in [3.63, 3.8) is 0 Å². The molecule has 1 aromatic heterocycles. The predicted molar refractivity (Wildman–Crippen MR) is 79.9 cm³/mol. The van der Waals surface area contributed by atoms with E-state index in [2.05, 4.69) is 5.10 Å². The van der Waals surface area contributed by atoms with Crippen LogP contribution in [0.3, 0.4) is 0 Å². The number of hydrogen-bond donors (Lipinski definition) is 0. The van der Waals surface area contributed by atoms with E-state index >= 15 is 0 Å². The van der Waals surface area contributed by atoms with Crippen LogP contribution in [0.2, 0.25) is 0 Å². The number of para-hydroxylation sites is 1. The van der Waals surface area contributed by atoms with E-state index in [1.165, 1.54) is 24.3 Å². The van der Waals surface area contributed by atoms with Crippen molar-refractivity contribution in [1.29, 1.82) is 0 Å². The Bertz CT molecular complexity index is 905. The van der Waals surface area contributed by atoms with Gasteiger partial charge in [-0.1, -0.05) is 24.3 Å². The summed E-state index contributed by atoms with van der Waals surface area (Å²) in [5, 5.41) is 3.46. The van der Waals surface area contributed by atoms with Crippen molar-refractivity contribution in [1.82, 2.24) is 9.78 Å². The number of esters is 1. The highest BCUT2D eigenvalue weighted by atomic mass is 19.4. The van der Waals surface area contributed by atoms with Gasteiger partial charge in [0.2, 0.25) is 5.88 Å². The van der Waals surface area contributed by atoms with Gasteiger partial charge in [-0.3, -0.25) is 0 Å². The highest BCUT2D eigenvalue weighted by molar-refractivity contribution is 5.90. The molecule has 0 aliphatic heterocycles. The molecule has 3 aromatic rings. The van der Waals surface area contributed by atoms with Crippen molar-refractivity contribution in [2.75, 3.05) is 0 Å². The molecule has 0 saturated carbocycles. The van der Waals surface area contributed by atoms with Gasteiger partial charge >= 0.3 is 12.1 Å². The van der Waals surface area contributed by atoms with Gasteiger partial charge in [-0.2, -0.15) is 18.3 Å². The standard InChI is InChI=1S/C17H10F4N2O2/c18-12-6-4-5-11(9-12)16(24)25-15-10-14(17(19,20)21)22-23(15)13-7-2-1-3-8-13/h1-10H. The molecular weight excluding hydrogens is 340 g/mol. The molecular formula is C17H10F4N2O2. The van der Waals surface area contributed by atoms with Gasteiger partial charge in [-0.05, 0) is 30.3 Å². The van der Waals surface area contributed by atoms with E-state index in [4.69, 9.17) is 4.74 Å². The van der Waals surface area contributed by atoms with E-state index in [1.807, 2.05) is 0 Å². The fraction of sp³-hybridized carbons (Fsp3) is 0.0588. The third-order valence-corrected chi connectivity index (χ3v) is 3.23. The van der Waals surface area contributed by atoms with Crippen LogP contribution in [0.15, 0.2) is 60.7 Å². The number of benzene rings is 2. The van der Waals surface area contributed by atoms with Gasteiger partial charge in [0, 0.05) is 6.07 Å². The van der Waals surface area contributed by atoms with Crippen LogP contribution in [0, 0.1) is 5.82 Å². The number of carbonyl (C=O) groups excluding carboxylic acids is 1. The van der Waals surface area contributed by atoms with Crippen LogP contribution >= 0.6 is 0 Å². The molecule has 0 spiro atoms. The Morgan fingerprint density at radius 3 is 2.36 bits per heavy atom. The second-order valence-corrected chi connectivity index (χ2v) is 5.01. The Kier molecular flexibility index (Phi) is 4.26. The van der Waals surface area contributed by atoms with E-state index < -0.39 is 29.5 Å². The smallest absolute Gasteiger partial charge is 0.404 e. The first-order valence-electron chi connectivity index (χ1n) is 7.05. The summed E-state index contributed by atoms with van der Waals surface area (Å²) in [6.07, 6.45) is -4.71. The van der Waals surface area contributed by atoms with Crippen LogP contribution in [-0.4, -0.2) is 15.7 Å². The van der Waals surface area contributed by atoms with Crippen molar-refractivity contribution in [2.24, 2.45) is 0 Å². The summed E-state index contributed by atoms with van der Waals surface area (Å²) >= 11 is 0. The zero-order valence-corrected chi connectivity index (χ0v) is 12.5. The van der Waals surface area contributed by atoms with Crippen LogP contribution in [-0.2, 0) is 6.18 Å². The highest BCUT2D eigenvalue weighted by Gasteiger charge is 2.36. The molecule has 0 saturated heterocycles. The Morgan fingerprint density at radius 2 is 1.72 bits per heavy atom. The number of nitrogens with zero attached hydrogens (tertiary/aromatic N) is 2. The number of rotatable bonds is 3. The summed E-state index contributed by atoms with van der Waals surface area (Å²) in [5.41, 5.74) is -1.06. The Balaban J connectivity index is 2.00. The molecule has 0 N–H and O–H groups in total. The fourth-order valence-corrected chi connectivity index (χ4v) is 2.10. The van der Waals surface area contributed by atoms with Crippen LogP contribution in [0.1, 0.15) is 16.1 Å². The molecule has 0 bridgehead atoms. The Labute approximate surface area is 139 Å². The Hall–Kier alpha value is -3.16. The van der Waals surface area contributed by atoms with Gasteiger partial charge < -0.3 is 4.74 Å². The van der Waals surface area contributed by atoms with Gasteiger partial charge in [0.15, 0.2) is 5.69 Å². The van der Waals surface area contributed by atoms with Crippen molar-refractivity contribution in [3.8, 4) is 11.6 Å². The predicted octanol–water partition coefficient (Wildman–Crippen LogP) is 4.25. The number of aromatic nitrogens is 2. The second kappa shape index (κ2) is 6.39. The monoisotopic (exact) mass is 350 g/mol. The third kappa shape index (κ3) is 3.68. The van der Waals surface area contributed by atoms with Crippen LogP contribution in [0.25, 0.3) is 5.69 Å². The van der Waals surface area contributed by atoms with Crippen LogP contribution < -0.4 is 4.74 Å². The van der Waals surface area contributed by atoms with E-state index in [0.717, 1.165) is 16.8 Å². The van der Waals surface area contributed by atoms with E-state index in [9.17, 15) is 22.4 Å². The molecule has 0 aliphatic carbocycles. The topological polar surface area (TPSA) is 44.1 Å². The van der Waals surface area contributed by atoms with Crippen LogP contribution in [0.5, 0.6) is 5.88 Å². The minimum Gasteiger partial charge on any atom is -0.404 e. The SMILES string of the molecule is O=C(Oc1cc(C(F)(F)F)nn1-c1ccccc1)c1cccc(F)c1. The molecule has 25 heavy (non-hydrogen) atoms. The van der Waals surface area contributed by atoms with Crippen LogP contribution in [0.4, 0.5) is 17.6 Å². The van der Waals surface area contributed by atoms with Gasteiger partial charge in [-0.25, -0.2) is 13.9 Å². The van der Waals surface area contributed by atoms with Gasteiger partial charge in [-0.15, -0.1) is 0 Å². The fourth-order valence-electron chi connectivity index (χ4n) is 2.10. The summed E-state index contributed by atoms with van der Waals surface area (Å²) < 4.78 is 57.9. The van der Waals surface area contributed by atoms with E-state index in [1.54, 1.807) is 18.2 Å². The maximum atomic E-state index is 13.2. The zero-order chi connectivity index (χ0) is 18.0. The lowest BCUT2D eigenvalue weighted by atomic mass is 10.2. The first-order chi connectivity index (χ1) is 11.8. The first kappa shape index (κ1) is 16.7. The van der Waals surface area contributed by atoms with Crippen molar-refractivity contribution >= 4 is 5.97 Å². The van der Waals surface area contributed by atoms with Gasteiger partial charge in [0.1, 0.15) is 5.82 Å². The van der Waals surface area contributed by atoms with Crippen molar-refractivity contribution in [2.45, 2.75) is 6.18 Å². The first-order valence-corrected chi connectivity index (χ1v) is 7.05. The number of carbonyl (C=O) groups is 1. The number of hydrogen-bond acceptors (Lipinski definition) is 3. The maximum Gasteiger partial charge on any atom is 0.435 e. The highest BCUT2D eigenvalue weighted by Crippen LogP contribution is 2.32. The summed E-state index contributed by atoms with van der Waals surface area (Å²) in [7, 11) is 0. The van der Waals surface area contributed by atoms with E-state index in [0.29, 0.717) is 6.07 Å². The van der Waals surface area contributed by atoms with Gasteiger partial charge in [0.05, 0.1) is 11.3 Å². The lowest BCUT2D eigenvalue weighted by Crippen LogP contribution is -2.12. The summed E-state index contributed by atoms with van der Waals surface area (Å²) in [4.78, 5) is 12.1. The minimum atomic E-state index is -4.71. The number of alkyl halides is 3. The number of halogens is 4. The molecule has 0 unspecified atom stereocenters. The molecule has 0 aliphatic rings. The molecule has 3 rings (SSSR count). The van der Waals surface area contributed by atoms with Crippen molar-refractivity contribution in [3.05, 3.63) is 77.7 Å². The van der Waals surface area contributed by atoms with Crippen molar-refractivity contribution < 1.29 is 27.1 Å². The lowest BCUT2D eigenvalue weighted by Gasteiger charge is -2.07. The van der Waals surface area contributed by atoms with E-state index in [-0.39, 0.29) is 11.3 Å². The second-order valence-electron chi connectivity index (χ2n) is 5.01. The molecule has 0 amide bonds.